The van der Waals surface area contributed by atoms with E-state index in [4.69, 9.17) is 4.98 Å². The Balaban J connectivity index is 1.56. The lowest BCUT2D eigenvalue weighted by Gasteiger charge is -2.10. The summed E-state index contributed by atoms with van der Waals surface area (Å²) in [4.78, 5) is 36.3. The van der Waals surface area contributed by atoms with E-state index in [9.17, 15) is 9.59 Å². The second-order valence-corrected chi connectivity index (χ2v) is 9.40. The first-order valence-corrected chi connectivity index (χ1v) is 12.2. The minimum atomic E-state index is -0.112. The van der Waals surface area contributed by atoms with E-state index >= 15 is 0 Å². The van der Waals surface area contributed by atoms with E-state index in [2.05, 4.69) is 11.6 Å². The van der Waals surface area contributed by atoms with Crippen LogP contribution in [0, 0.1) is 0 Å². The van der Waals surface area contributed by atoms with E-state index in [1.54, 1.807) is 16.8 Å². The van der Waals surface area contributed by atoms with Gasteiger partial charge in [0.2, 0.25) is 0 Å². The van der Waals surface area contributed by atoms with Crippen molar-refractivity contribution in [2.24, 2.45) is 0 Å². The Hall–Kier alpha value is -3.01. The Morgan fingerprint density at radius 1 is 1.13 bits per heavy atom. The molecular weight excluding hydrogens is 448 g/mol. The molecule has 0 bridgehead atoms. The number of aromatic nitrogens is 4. The van der Waals surface area contributed by atoms with Crippen molar-refractivity contribution in [3.8, 4) is 11.1 Å². The molecule has 0 aliphatic rings. The number of thiazole rings is 1. The average molecular weight is 465 g/mol. The lowest BCUT2D eigenvalue weighted by atomic mass is 10.1. The summed E-state index contributed by atoms with van der Waals surface area (Å²) in [6.07, 6.45) is 3.40. The zero-order valence-electron chi connectivity index (χ0n) is 16.2. The maximum absolute atomic E-state index is 13.4. The number of benzene rings is 1. The lowest BCUT2D eigenvalue weighted by molar-refractivity contribution is 0.673. The number of hydrogen-bond donors (Lipinski definition) is 0. The molecule has 4 aromatic heterocycles. The van der Waals surface area contributed by atoms with Crippen LogP contribution in [0.4, 0.5) is 0 Å². The van der Waals surface area contributed by atoms with Crippen molar-refractivity contribution in [3.63, 3.8) is 0 Å². The highest BCUT2D eigenvalue weighted by Crippen LogP contribution is 2.32. The Morgan fingerprint density at radius 2 is 1.97 bits per heavy atom. The van der Waals surface area contributed by atoms with Gasteiger partial charge in [-0.05, 0) is 5.56 Å². The van der Waals surface area contributed by atoms with Crippen molar-refractivity contribution < 1.29 is 0 Å². The third kappa shape index (κ3) is 3.65. The van der Waals surface area contributed by atoms with Crippen LogP contribution in [0.25, 0.3) is 26.3 Å². The molecule has 0 aliphatic carbocycles. The standard InChI is InChI=1S/C22H16N4O2S3/c1-2-8-26-20(28)18-16(14-6-4-3-5-7-14)13-30-19(18)24-22(26)31-12-15-11-17(27)25-9-10-29-21(25)23-15/h2-7,9-11,13H,1,8,12H2. The van der Waals surface area contributed by atoms with Crippen LogP contribution < -0.4 is 11.1 Å². The quantitative estimate of drug-likeness (QED) is 0.207. The fourth-order valence-electron chi connectivity index (χ4n) is 3.34. The van der Waals surface area contributed by atoms with Crippen LogP contribution in [0.1, 0.15) is 5.69 Å². The maximum atomic E-state index is 13.4. The summed E-state index contributed by atoms with van der Waals surface area (Å²) >= 11 is 4.27. The molecule has 0 amide bonds. The second-order valence-electron chi connectivity index (χ2n) is 6.72. The summed E-state index contributed by atoms with van der Waals surface area (Å²) in [5.41, 5.74) is 2.35. The zero-order chi connectivity index (χ0) is 21.4. The topological polar surface area (TPSA) is 69.3 Å². The third-order valence-corrected chi connectivity index (χ3v) is 7.40. The van der Waals surface area contributed by atoms with Gasteiger partial charge in [0.05, 0.1) is 11.1 Å². The number of allylic oxidation sites excluding steroid dienone is 1. The molecule has 0 N–H and O–H groups in total. The largest absolute Gasteiger partial charge is 0.283 e. The van der Waals surface area contributed by atoms with Crippen molar-refractivity contribution in [1.29, 1.82) is 0 Å². The molecule has 31 heavy (non-hydrogen) atoms. The number of nitrogens with zero attached hydrogens (tertiary/aromatic N) is 4. The Bertz CT molecular complexity index is 1530. The van der Waals surface area contributed by atoms with E-state index in [1.807, 2.05) is 41.1 Å². The average Bonchev–Trinajstić information content (AvgIpc) is 3.42. The summed E-state index contributed by atoms with van der Waals surface area (Å²) in [5.74, 6) is 0.440. The first kappa shape index (κ1) is 19.9. The number of thioether (sulfide) groups is 1. The maximum Gasteiger partial charge on any atom is 0.263 e. The highest BCUT2D eigenvalue weighted by Gasteiger charge is 2.17. The van der Waals surface area contributed by atoms with Crippen LogP contribution >= 0.6 is 34.4 Å². The SMILES string of the molecule is C=CCn1c(SCc2cc(=O)n3ccsc3n2)nc2scc(-c3ccccc3)c2c1=O. The van der Waals surface area contributed by atoms with Crippen molar-refractivity contribution in [2.75, 3.05) is 0 Å². The summed E-state index contributed by atoms with van der Waals surface area (Å²) < 4.78 is 3.16. The van der Waals surface area contributed by atoms with E-state index in [-0.39, 0.29) is 11.1 Å². The second kappa shape index (κ2) is 8.26. The number of hydrogen-bond acceptors (Lipinski definition) is 7. The molecule has 154 valence electrons. The van der Waals surface area contributed by atoms with Gasteiger partial charge in [0, 0.05) is 40.9 Å². The van der Waals surface area contributed by atoms with E-state index in [0.717, 1.165) is 11.1 Å². The lowest BCUT2D eigenvalue weighted by Crippen LogP contribution is -2.22. The van der Waals surface area contributed by atoms with Gasteiger partial charge in [-0.15, -0.1) is 29.3 Å². The van der Waals surface area contributed by atoms with Crippen molar-refractivity contribution in [2.45, 2.75) is 17.5 Å². The first-order valence-electron chi connectivity index (χ1n) is 9.42. The molecule has 6 nitrogen and oxygen atoms in total. The minimum absolute atomic E-state index is 0.0887. The number of thiophene rings is 1. The summed E-state index contributed by atoms with van der Waals surface area (Å²) in [7, 11) is 0. The van der Waals surface area contributed by atoms with Gasteiger partial charge >= 0.3 is 0 Å². The molecular formula is C22H16N4O2S3. The van der Waals surface area contributed by atoms with Crippen LogP contribution in [0.5, 0.6) is 0 Å². The van der Waals surface area contributed by atoms with Crippen molar-refractivity contribution in [3.05, 3.63) is 92.4 Å². The number of rotatable bonds is 6. The van der Waals surface area contributed by atoms with Crippen LogP contribution in [0.15, 0.2) is 80.8 Å². The Labute approximate surface area is 189 Å². The highest BCUT2D eigenvalue weighted by molar-refractivity contribution is 7.98. The molecule has 0 spiro atoms. The van der Waals surface area contributed by atoms with Gasteiger partial charge < -0.3 is 0 Å². The van der Waals surface area contributed by atoms with Crippen molar-refractivity contribution >= 4 is 49.6 Å². The molecule has 5 aromatic rings. The summed E-state index contributed by atoms with van der Waals surface area (Å²) in [6.45, 7) is 4.15. The van der Waals surface area contributed by atoms with Gasteiger partial charge in [-0.25, -0.2) is 9.97 Å². The van der Waals surface area contributed by atoms with Gasteiger partial charge in [0.25, 0.3) is 11.1 Å². The van der Waals surface area contributed by atoms with Crippen LogP contribution in [0.3, 0.4) is 0 Å². The molecule has 0 aliphatic heterocycles. The molecule has 0 atom stereocenters. The molecule has 9 heteroatoms. The summed E-state index contributed by atoms with van der Waals surface area (Å²) in [5, 5.41) is 5.03. The molecule has 0 saturated carbocycles. The summed E-state index contributed by atoms with van der Waals surface area (Å²) in [6, 6.07) is 11.4. The molecule has 0 fully saturated rings. The molecule has 1 aromatic carbocycles. The van der Waals surface area contributed by atoms with E-state index in [1.165, 1.54) is 44.9 Å². The molecule has 0 unspecified atom stereocenters. The van der Waals surface area contributed by atoms with Crippen LogP contribution in [-0.2, 0) is 12.3 Å². The van der Waals surface area contributed by atoms with Gasteiger partial charge in [0.1, 0.15) is 4.83 Å². The van der Waals surface area contributed by atoms with E-state index < -0.39 is 0 Å². The molecule has 5 rings (SSSR count). The smallest absolute Gasteiger partial charge is 0.263 e. The van der Waals surface area contributed by atoms with Crippen molar-refractivity contribution in [1.82, 2.24) is 18.9 Å². The monoisotopic (exact) mass is 464 g/mol. The fraction of sp³-hybridized carbons (Fsp3) is 0.0909. The predicted molar refractivity (Wildman–Crippen MR) is 128 cm³/mol. The van der Waals surface area contributed by atoms with E-state index in [0.29, 0.717) is 38.3 Å². The van der Waals surface area contributed by atoms with Gasteiger partial charge in [-0.1, -0.05) is 48.2 Å². The first-order chi connectivity index (χ1) is 15.2. The van der Waals surface area contributed by atoms with Crippen LogP contribution in [0.2, 0.25) is 0 Å². The van der Waals surface area contributed by atoms with Gasteiger partial charge in [-0.2, -0.15) is 0 Å². The highest BCUT2D eigenvalue weighted by atomic mass is 32.2. The fourth-order valence-corrected chi connectivity index (χ4v) is 5.96. The predicted octanol–water partition coefficient (Wildman–Crippen LogP) is 4.67. The molecule has 0 saturated heterocycles. The number of fused-ring (bicyclic) bond motifs is 2. The molecule has 0 radical (unpaired) electrons. The minimum Gasteiger partial charge on any atom is -0.283 e. The third-order valence-electron chi connectivity index (χ3n) is 4.76. The normalized spacial score (nSPS) is 11.4. The Morgan fingerprint density at radius 3 is 2.77 bits per heavy atom. The molecule has 4 heterocycles. The van der Waals surface area contributed by atoms with Crippen LogP contribution in [-0.4, -0.2) is 18.9 Å². The van der Waals surface area contributed by atoms with Gasteiger partial charge in [0.15, 0.2) is 10.1 Å². The zero-order valence-corrected chi connectivity index (χ0v) is 18.7. The Kier molecular flexibility index (Phi) is 5.31. The van der Waals surface area contributed by atoms with Gasteiger partial charge in [-0.3, -0.25) is 18.6 Å².